The summed E-state index contributed by atoms with van der Waals surface area (Å²) in [5, 5.41) is 6.60. The van der Waals surface area contributed by atoms with E-state index in [0.717, 1.165) is 80.8 Å². The first kappa shape index (κ1) is 19.1. The average Bonchev–Trinajstić information content (AvgIpc) is 2.70. The number of carbonyl (C=O) groups excluding carboxylic acids is 1. The largest absolute Gasteiger partial charge is 0.378 e. The molecule has 7 heteroatoms. The Morgan fingerprint density at radius 2 is 1.76 bits per heavy atom. The molecule has 6 rings (SSSR count). The number of hydrogen-bond donors (Lipinski definition) is 2. The molecule has 158 valence electrons. The van der Waals surface area contributed by atoms with Crippen molar-refractivity contribution in [1.29, 1.82) is 0 Å². The van der Waals surface area contributed by atoms with Crippen molar-refractivity contribution in [1.82, 2.24) is 15.3 Å². The van der Waals surface area contributed by atoms with Crippen LogP contribution in [-0.4, -0.2) is 55.3 Å². The van der Waals surface area contributed by atoms with Crippen molar-refractivity contribution in [2.45, 2.75) is 45.4 Å². The van der Waals surface area contributed by atoms with Crippen molar-refractivity contribution in [3.63, 3.8) is 0 Å². The lowest BCUT2D eigenvalue weighted by Gasteiger charge is -2.55. The van der Waals surface area contributed by atoms with Gasteiger partial charge in [-0.1, -0.05) is 0 Å². The number of aryl methyl sites for hydroxylation is 1. The maximum atomic E-state index is 13.0. The highest BCUT2D eigenvalue weighted by Gasteiger charge is 2.54. The first-order chi connectivity index (χ1) is 14.1. The monoisotopic (exact) mass is 399 g/mol. The van der Waals surface area contributed by atoms with Gasteiger partial charge in [0.05, 0.1) is 13.2 Å². The Bertz CT molecular complexity index is 726. The van der Waals surface area contributed by atoms with Gasteiger partial charge in [0.1, 0.15) is 17.5 Å². The Balaban J connectivity index is 1.14. The molecule has 2 N–H and O–H groups in total. The SMILES string of the molecule is Cc1nc(NCCNC(=O)C23CC4CC(CC(C4)C2)C3)cc(N2CCOCC2)n1. The number of amides is 1. The topological polar surface area (TPSA) is 79.4 Å². The van der Waals surface area contributed by atoms with Crippen molar-refractivity contribution < 1.29 is 9.53 Å². The Hall–Kier alpha value is -1.89. The van der Waals surface area contributed by atoms with Gasteiger partial charge in [0, 0.05) is 37.7 Å². The highest BCUT2D eigenvalue weighted by atomic mass is 16.5. The number of carbonyl (C=O) groups is 1. The maximum absolute atomic E-state index is 13.0. The first-order valence-corrected chi connectivity index (χ1v) is 11.3. The highest BCUT2D eigenvalue weighted by Crippen LogP contribution is 2.60. The lowest BCUT2D eigenvalue weighted by Crippen LogP contribution is -2.54. The second-order valence-electron chi connectivity index (χ2n) is 9.64. The molecule has 4 saturated carbocycles. The fraction of sp³-hybridized carbons (Fsp3) is 0.773. The third-order valence-electron chi connectivity index (χ3n) is 7.40. The molecule has 7 nitrogen and oxygen atoms in total. The summed E-state index contributed by atoms with van der Waals surface area (Å²) in [4.78, 5) is 24.4. The second-order valence-corrected chi connectivity index (χ2v) is 9.64. The molecular weight excluding hydrogens is 366 g/mol. The number of aromatic nitrogens is 2. The van der Waals surface area contributed by atoms with Crippen LogP contribution in [0.2, 0.25) is 0 Å². The van der Waals surface area contributed by atoms with E-state index in [1.165, 1.54) is 19.3 Å². The molecule has 2 heterocycles. The zero-order valence-electron chi connectivity index (χ0n) is 17.5. The zero-order chi connectivity index (χ0) is 19.8. The van der Waals surface area contributed by atoms with Gasteiger partial charge in [-0.3, -0.25) is 4.79 Å². The lowest BCUT2D eigenvalue weighted by molar-refractivity contribution is -0.146. The first-order valence-electron chi connectivity index (χ1n) is 11.3. The van der Waals surface area contributed by atoms with Gasteiger partial charge < -0.3 is 20.3 Å². The second kappa shape index (κ2) is 7.74. The van der Waals surface area contributed by atoms with Gasteiger partial charge in [-0.25, -0.2) is 9.97 Å². The van der Waals surface area contributed by atoms with Gasteiger partial charge in [0.2, 0.25) is 5.91 Å². The van der Waals surface area contributed by atoms with Crippen molar-refractivity contribution >= 4 is 17.5 Å². The summed E-state index contributed by atoms with van der Waals surface area (Å²) >= 11 is 0. The molecule has 0 aromatic carbocycles. The minimum atomic E-state index is -0.0657. The van der Waals surface area contributed by atoms with Gasteiger partial charge in [-0.15, -0.1) is 0 Å². The number of hydrogen-bond acceptors (Lipinski definition) is 6. The van der Waals surface area contributed by atoms with Crippen LogP contribution in [-0.2, 0) is 9.53 Å². The summed E-state index contributed by atoms with van der Waals surface area (Å²) in [6.07, 6.45) is 7.46. The predicted octanol–water partition coefficient (Wildman–Crippen LogP) is 2.37. The van der Waals surface area contributed by atoms with Crippen LogP contribution < -0.4 is 15.5 Å². The molecule has 0 radical (unpaired) electrons. The third-order valence-corrected chi connectivity index (χ3v) is 7.40. The Kier molecular flexibility index (Phi) is 5.10. The van der Waals surface area contributed by atoms with E-state index in [1.807, 2.05) is 13.0 Å². The van der Waals surface area contributed by atoms with Crippen LogP contribution in [0.5, 0.6) is 0 Å². The fourth-order valence-corrected chi connectivity index (χ4v) is 6.54. The van der Waals surface area contributed by atoms with Crippen LogP contribution in [0.15, 0.2) is 6.07 Å². The van der Waals surface area contributed by atoms with Crippen LogP contribution in [0.25, 0.3) is 0 Å². The molecule has 1 saturated heterocycles. The summed E-state index contributed by atoms with van der Waals surface area (Å²) in [5.41, 5.74) is -0.0657. The normalized spacial score (nSPS) is 33.0. The summed E-state index contributed by atoms with van der Waals surface area (Å²) in [6, 6.07) is 2.00. The van der Waals surface area contributed by atoms with Gasteiger partial charge in [0.15, 0.2) is 0 Å². The molecule has 29 heavy (non-hydrogen) atoms. The predicted molar refractivity (Wildman–Crippen MR) is 112 cm³/mol. The zero-order valence-corrected chi connectivity index (χ0v) is 17.5. The third kappa shape index (κ3) is 3.93. The summed E-state index contributed by atoms with van der Waals surface area (Å²) < 4.78 is 5.43. The van der Waals surface area contributed by atoms with Crippen molar-refractivity contribution in [3.8, 4) is 0 Å². The van der Waals surface area contributed by atoms with Gasteiger partial charge in [-0.05, 0) is 63.2 Å². The molecule has 4 bridgehead atoms. The number of ether oxygens (including phenoxy) is 1. The molecule has 1 aromatic rings. The molecular formula is C22H33N5O2. The van der Waals surface area contributed by atoms with Crippen molar-refractivity contribution in [2.75, 3.05) is 49.6 Å². The number of morpholine rings is 1. The van der Waals surface area contributed by atoms with Gasteiger partial charge in [-0.2, -0.15) is 0 Å². The summed E-state index contributed by atoms with van der Waals surface area (Å²) in [5.74, 6) is 5.22. The van der Waals surface area contributed by atoms with E-state index in [4.69, 9.17) is 4.74 Å². The van der Waals surface area contributed by atoms with E-state index in [9.17, 15) is 4.79 Å². The molecule has 1 amide bonds. The van der Waals surface area contributed by atoms with E-state index in [2.05, 4.69) is 25.5 Å². The Labute approximate surface area is 173 Å². The molecule has 4 aliphatic carbocycles. The molecule has 0 spiro atoms. The summed E-state index contributed by atoms with van der Waals surface area (Å²) in [6.45, 7) is 6.43. The van der Waals surface area contributed by atoms with E-state index in [0.29, 0.717) is 19.0 Å². The van der Waals surface area contributed by atoms with E-state index in [-0.39, 0.29) is 5.41 Å². The van der Waals surface area contributed by atoms with Gasteiger partial charge in [0.25, 0.3) is 0 Å². The van der Waals surface area contributed by atoms with E-state index >= 15 is 0 Å². The van der Waals surface area contributed by atoms with Crippen LogP contribution in [0.4, 0.5) is 11.6 Å². The highest BCUT2D eigenvalue weighted by molar-refractivity contribution is 5.83. The van der Waals surface area contributed by atoms with Crippen LogP contribution in [0.3, 0.4) is 0 Å². The van der Waals surface area contributed by atoms with Crippen LogP contribution in [0, 0.1) is 30.1 Å². The molecule has 0 unspecified atom stereocenters. The Morgan fingerprint density at radius 3 is 2.41 bits per heavy atom. The van der Waals surface area contributed by atoms with Gasteiger partial charge >= 0.3 is 0 Å². The van der Waals surface area contributed by atoms with Crippen LogP contribution in [0.1, 0.15) is 44.3 Å². The fourth-order valence-electron chi connectivity index (χ4n) is 6.54. The lowest BCUT2D eigenvalue weighted by atomic mass is 9.49. The minimum Gasteiger partial charge on any atom is -0.378 e. The number of rotatable bonds is 6. The maximum Gasteiger partial charge on any atom is 0.226 e. The smallest absolute Gasteiger partial charge is 0.226 e. The van der Waals surface area contributed by atoms with Crippen molar-refractivity contribution in [2.24, 2.45) is 23.2 Å². The number of nitrogens with one attached hydrogen (secondary N) is 2. The quantitative estimate of drug-likeness (QED) is 0.715. The summed E-state index contributed by atoms with van der Waals surface area (Å²) in [7, 11) is 0. The molecule has 5 fully saturated rings. The van der Waals surface area contributed by atoms with E-state index in [1.54, 1.807) is 0 Å². The average molecular weight is 400 g/mol. The Morgan fingerprint density at radius 1 is 1.10 bits per heavy atom. The standard InChI is InChI=1S/C22H33N5O2/c1-15-25-19(11-20(26-15)27-4-6-29-7-5-27)23-2-3-24-21(28)22-12-16-8-17(13-22)10-18(9-16)14-22/h11,16-18H,2-10,12-14H2,1H3,(H,24,28)(H,23,25,26). The minimum absolute atomic E-state index is 0.0657. The molecule has 1 aromatic heterocycles. The number of anilines is 2. The molecule has 5 aliphatic rings. The van der Waals surface area contributed by atoms with E-state index < -0.39 is 0 Å². The van der Waals surface area contributed by atoms with Crippen molar-refractivity contribution in [3.05, 3.63) is 11.9 Å². The molecule has 1 aliphatic heterocycles. The number of nitrogens with zero attached hydrogens (tertiary/aromatic N) is 3. The van der Waals surface area contributed by atoms with Crippen LogP contribution >= 0.6 is 0 Å². The molecule has 0 atom stereocenters.